The fraction of sp³-hybridized carbons (Fsp3) is 0.444. The molecule has 0 radical (unpaired) electrons. The minimum atomic E-state index is -0.0216. The number of quaternary nitrogens is 1. The summed E-state index contributed by atoms with van der Waals surface area (Å²) in [4.78, 5) is 18.9. The zero-order valence-electron chi connectivity index (χ0n) is 14.7. The Labute approximate surface area is 167 Å². The molecule has 1 aromatic carbocycles. The van der Waals surface area contributed by atoms with Crippen LogP contribution in [0, 0.1) is 0 Å². The molecule has 2 atom stereocenters. The van der Waals surface area contributed by atoms with Gasteiger partial charge in [0, 0.05) is 27.5 Å². The molecule has 5 nitrogen and oxygen atoms in total. The monoisotopic (exact) mass is 414 g/mol. The highest BCUT2D eigenvalue weighted by Gasteiger charge is 2.27. The summed E-state index contributed by atoms with van der Waals surface area (Å²) in [5, 5.41) is 4.77. The van der Waals surface area contributed by atoms with Gasteiger partial charge in [0.05, 0.1) is 0 Å². The normalized spacial score (nSPS) is 23.0. The number of ether oxygens (including phenoxy) is 1. The van der Waals surface area contributed by atoms with Crippen LogP contribution in [-0.4, -0.2) is 42.7 Å². The zero-order valence-corrected chi connectivity index (χ0v) is 17.0. The Hall–Kier alpha value is -1.18. The Kier molecular flexibility index (Phi) is 6.53. The van der Waals surface area contributed by atoms with E-state index < -0.39 is 0 Å². The number of morpholine rings is 1. The fourth-order valence-electron chi connectivity index (χ4n) is 3.22. The van der Waals surface area contributed by atoms with Crippen molar-refractivity contribution in [1.29, 1.82) is 0 Å². The Morgan fingerprint density at radius 1 is 1.35 bits per heavy atom. The second-order valence-corrected chi connectivity index (χ2v) is 8.64. The number of hydrogen-bond acceptors (Lipinski definition) is 4. The van der Waals surface area contributed by atoms with Crippen LogP contribution < -0.4 is 10.2 Å². The van der Waals surface area contributed by atoms with Gasteiger partial charge in [-0.3, -0.25) is 10.1 Å². The number of benzene rings is 1. The Bertz CT molecular complexity index is 774. The molecule has 0 spiro atoms. The molecule has 1 aromatic heterocycles. The first-order valence-corrected chi connectivity index (χ1v) is 10.1. The van der Waals surface area contributed by atoms with E-state index >= 15 is 0 Å². The first-order chi connectivity index (χ1) is 12.4. The molecule has 2 heterocycles. The van der Waals surface area contributed by atoms with Crippen molar-refractivity contribution < 1.29 is 14.4 Å². The van der Waals surface area contributed by atoms with Gasteiger partial charge in [-0.05, 0) is 31.5 Å². The molecule has 0 saturated carbocycles. The lowest BCUT2D eigenvalue weighted by Gasteiger charge is -2.31. The summed E-state index contributed by atoms with van der Waals surface area (Å²) < 4.78 is 5.71. The quantitative estimate of drug-likeness (QED) is 0.790. The van der Waals surface area contributed by atoms with E-state index in [-0.39, 0.29) is 18.1 Å². The van der Waals surface area contributed by atoms with Crippen molar-refractivity contribution in [3.05, 3.63) is 44.9 Å². The number of nitrogens with zero attached hydrogens (tertiary/aromatic N) is 1. The number of carbonyl (C=O) groups is 1. The predicted octanol–water partition coefficient (Wildman–Crippen LogP) is 2.67. The van der Waals surface area contributed by atoms with Gasteiger partial charge in [-0.1, -0.05) is 29.3 Å². The maximum absolute atomic E-state index is 12.3. The number of anilines is 1. The van der Waals surface area contributed by atoms with E-state index in [0.29, 0.717) is 28.1 Å². The third kappa shape index (κ3) is 5.41. The van der Waals surface area contributed by atoms with Crippen LogP contribution in [0.5, 0.6) is 0 Å². The lowest BCUT2D eigenvalue weighted by molar-refractivity contribution is -0.907. The summed E-state index contributed by atoms with van der Waals surface area (Å²) >= 11 is 13.6. The van der Waals surface area contributed by atoms with Crippen LogP contribution in [0.4, 0.5) is 5.13 Å². The molecule has 2 N–H and O–H groups in total. The molecule has 1 aliphatic rings. The van der Waals surface area contributed by atoms with Gasteiger partial charge in [0.25, 0.3) is 5.91 Å². The summed E-state index contributed by atoms with van der Waals surface area (Å²) in [6, 6.07) is 5.46. The Morgan fingerprint density at radius 3 is 2.77 bits per heavy atom. The van der Waals surface area contributed by atoms with Gasteiger partial charge >= 0.3 is 0 Å². The molecule has 1 amide bonds. The van der Waals surface area contributed by atoms with Crippen LogP contribution >= 0.6 is 34.5 Å². The van der Waals surface area contributed by atoms with E-state index in [2.05, 4.69) is 10.3 Å². The lowest BCUT2D eigenvalue weighted by atomic mass is 10.1. The van der Waals surface area contributed by atoms with Crippen LogP contribution in [0.2, 0.25) is 10.0 Å². The van der Waals surface area contributed by atoms with Crippen molar-refractivity contribution in [3.8, 4) is 0 Å². The molecule has 140 valence electrons. The number of amides is 1. The molecule has 0 aliphatic carbocycles. The number of hydrogen-bond donors (Lipinski definition) is 2. The molecule has 0 bridgehead atoms. The number of rotatable bonds is 5. The van der Waals surface area contributed by atoms with Crippen molar-refractivity contribution in [2.24, 2.45) is 0 Å². The minimum absolute atomic E-state index is 0.0216. The molecule has 3 rings (SSSR count). The number of thiazole rings is 1. The molecular formula is C18H22Cl2N3O2S+. The van der Waals surface area contributed by atoms with Crippen molar-refractivity contribution in [2.45, 2.75) is 32.5 Å². The van der Waals surface area contributed by atoms with E-state index in [1.165, 1.54) is 16.2 Å². The predicted molar refractivity (Wildman–Crippen MR) is 106 cm³/mol. The van der Waals surface area contributed by atoms with E-state index in [0.717, 1.165) is 23.5 Å². The average Bonchev–Trinajstić information content (AvgIpc) is 2.96. The molecule has 26 heavy (non-hydrogen) atoms. The third-order valence-corrected chi connectivity index (χ3v) is 5.71. The van der Waals surface area contributed by atoms with Gasteiger partial charge < -0.3 is 9.64 Å². The van der Waals surface area contributed by atoms with E-state index in [1.807, 2.05) is 26.0 Å². The molecule has 8 heteroatoms. The van der Waals surface area contributed by atoms with Gasteiger partial charge in [0.2, 0.25) is 0 Å². The van der Waals surface area contributed by atoms with Crippen LogP contribution in [0.3, 0.4) is 0 Å². The zero-order chi connectivity index (χ0) is 18.7. The van der Waals surface area contributed by atoms with Crippen molar-refractivity contribution in [2.75, 3.05) is 25.0 Å². The van der Waals surface area contributed by atoms with Gasteiger partial charge in [-0.25, -0.2) is 4.98 Å². The standard InChI is InChI=1S/C18H21Cl2N3O2S/c1-11-8-23(9-12(2)25-11)10-17(24)22-18-21-7-15(26-18)5-13-3-4-14(19)6-16(13)20/h3-4,6-7,11-12H,5,8-10H2,1-2H3,(H,21,22,24)/p+1. The Morgan fingerprint density at radius 2 is 2.08 bits per heavy atom. The first-order valence-electron chi connectivity index (χ1n) is 8.56. The van der Waals surface area contributed by atoms with E-state index in [1.54, 1.807) is 12.3 Å². The number of aromatic nitrogens is 1. The summed E-state index contributed by atoms with van der Waals surface area (Å²) in [7, 11) is 0. The van der Waals surface area contributed by atoms with Crippen LogP contribution in [0.1, 0.15) is 24.3 Å². The van der Waals surface area contributed by atoms with Gasteiger partial charge in [0.15, 0.2) is 11.7 Å². The lowest BCUT2D eigenvalue weighted by Crippen LogP contribution is -3.16. The van der Waals surface area contributed by atoms with Crippen molar-refractivity contribution in [3.63, 3.8) is 0 Å². The van der Waals surface area contributed by atoms with Crippen LogP contribution in [-0.2, 0) is 16.0 Å². The summed E-state index contributed by atoms with van der Waals surface area (Å²) in [5.41, 5.74) is 0.985. The smallest absolute Gasteiger partial charge is 0.281 e. The summed E-state index contributed by atoms with van der Waals surface area (Å²) in [5.74, 6) is -0.0216. The number of halogens is 2. The third-order valence-electron chi connectivity index (χ3n) is 4.21. The highest BCUT2D eigenvalue weighted by atomic mass is 35.5. The highest BCUT2D eigenvalue weighted by molar-refractivity contribution is 7.15. The highest BCUT2D eigenvalue weighted by Crippen LogP contribution is 2.26. The average molecular weight is 415 g/mol. The van der Waals surface area contributed by atoms with Gasteiger partial charge in [-0.15, -0.1) is 11.3 Å². The van der Waals surface area contributed by atoms with Crippen LogP contribution in [0.25, 0.3) is 0 Å². The number of carbonyl (C=O) groups excluding carboxylic acids is 1. The fourth-order valence-corrected chi connectivity index (χ4v) is 4.55. The summed E-state index contributed by atoms with van der Waals surface area (Å²) in [6.07, 6.45) is 2.79. The first kappa shape index (κ1) is 19.6. The SMILES string of the molecule is CC1C[NH+](CC(=O)Nc2ncc(Cc3ccc(Cl)cc3Cl)s2)CC(C)O1. The Balaban J connectivity index is 1.55. The minimum Gasteiger partial charge on any atom is -0.364 e. The molecule has 1 saturated heterocycles. The van der Waals surface area contributed by atoms with Crippen molar-refractivity contribution >= 4 is 45.6 Å². The van der Waals surface area contributed by atoms with Gasteiger partial charge in [-0.2, -0.15) is 0 Å². The molecule has 1 aliphatic heterocycles. The van der Waals surface area contributed by atoms with Gasteiger partial charge in [0.1, 0.15) is 25.3 Å². The maximum Gasteiger partial charge on any atom is 0.281 e. The maximum atomic E-state index is 12.3. The molecule has 2 unspecified atom stereocenters. The molecular weight excluding hydrogens is 393 g/mol. The van der Waals surface area contributed by atoms with E-state index in [4.69, 9.17) is 27.9 Å². The van der Waals surface area contributed by atoms with E-state index in [9.17, 15) is 4.79 Å². The second kappa shape index (κ2) is 8.67. The summed E-state index contributed by atoms with van der Waals surface area (Å²) in [6.45, 7) is 6.20. The topological polar surface area (TPSA) is 55.7 Å². The largest absolute Gasteiger partial charge is 0.364 e. The van der Waals surface area contributed by atoms with Crippen molar-refractivity contribution in [1.82, 2.24) is 4.98 Å². The second-order valence-electron chi connectivity index (χ2n) is 6.68. The molecule has 2 aromatic rings. The van der Waals surface area contributed by atoms with Crippen LogP contribution in [0.15, 0.2) is 24.4 Å². The number of nitrogens with one attached hydrogen (secondary N) is 2. The molecule has 1 fully saturated rings.